The van der Waals surface area contributed by atoms with Gasteiger partial charge in [0.25, 0.3) is 0 Å². The Morgan fingerprint density at radius 3 is 2.63 bits per heavy atom. The molecule has 4 rings (SSSR count). The quantitative estimate of drug-likeness (QED) is 0.796. The number of benzene rings is 1. The molecule has 0 unspecified atom stereocenters. The van der Waals surface area contributed by atoms with Crippen molar-refractivity contribution in [3.63, 3.8) is 0 Å². The molecule has 0 bridgehead atoms. The Bertz CT molecular complexity index is 941. The zero-order valence-corrected chi connectivity index (χ0v) is 17.5. The average molecular weight is 415 g/mol. The average Bonchev–Trinajstić information content (AvgIpc) is 2.70. The molecule has 6 nitrogen and oxygen atoms in total. The van der Waals surface area contributed by atoms with E-state index in [4.69, 9.17) is 14.7 Å². The van der Waals surface area contributed by atoms with Crippen LogP contribution >= 0.6 is 0 Å². The predicted octanol–water partition coefficient (Wildman–Crippen LogP) is 4.04. The van der Waals surface area contributed by atoms with E-state index in [2.05, 4.69) is 29.0 Å². The normalized spacial score (nSPS) is 16.7. The topological polar surface area (TPSA) is 53.5 Å². The molecule has 2 aromatic rings. The number of hydrogen-bond donors (Lipinski definition) is 1. The minimum atomic E-state index is -0.668. The molecular weight excluding hydrogens is 388 g/mol. The van der Waals surface area contributed by atoms with Crippen LogP contribution in [0.4, 0.5) is 20.4 Å². The SMILES string of the molecule is CC(C)Nc1nc2c(nc1N1CCC(Oc3ccc(F)cc3F)CC1)C=CN(C)C2. The van der Waals surface area contributed by atoms with Gasteiger partial charge in [0.15, 0.2) is 23.2 Å². The Morgan fingerprint density at radius 2 is 1.93 bits per heavy atom. The highest BCUT2D eigenvalue weighted by molar-refractivity contribution is 5.65. The van der Waals surface area contributed by atoms with E-state index < -0.39 is 11.6 Å². The first kappa shape index (κ1) is 20.4. The van der Waals surface area contributed by atoms with Crippen LogP contribution in [0.15, 0.2) is 24.4 Å². The molecule has 3 heterocycles. The van der Waals surface area contributed by atoms with E-state index in [1.165, 1.54) is 12.1 Å². The number of piperidine rings is 1. The molecule has 0 saturated carbocycles. The molecular formula is C22H27F2N5O. The third kappa shape index (κ3) is 4.47. The minimum Gasteiger partial charge on any atom is -0.487 e. The summed E-state index contributed by atoms with van der Waals surface area (Å²) in [7, 11) is 2.01. The van der Waals surface area contributed by atoms with Gasteiger partial charge in [-0.1, -0.05) is 0 Å². The van der Waals surface area contributed by atoms with Crippen LogP contribution < -0.4 is 15.0 Å². The van der Waals surface area contributed by atoms with Crippen molar-refractivity contribution in [1.29, 1.82) is 0 Å². The van der Waals surface area contributed by atoms with Gasteiger partial charge in [-0.2, -0.15) is 0 Å². The van der Waals surface area contributed by atoms with Gasteiger partial charge in [-0.25, -0.2) is 18.7 Å². The summed E-state index contributed by atoms with van der Waals surface area (Å²) in [6.07, 6.45) is 5.31. The Hall–Kier alpha value is -2.90. The van der Waals surface area contributed by atoms with Gasteiger partial charge in [0.05, 0.1) is 17.9 Å². The van der Waals surface area contributed by atoms with Crippen LogP contribution in [-0.4, -0.2) is 47.2 Å². The van der Waals surface area contributed by atoms with Crippen molar-refractivity contribution in [3.05, 3.63) is 47.4 Å². The molecule has 160 valence electrons. The molecule has 1 saturated heterocycles. The number of fused-ring (bicyclic) bond motifs is 1. The number of ether oxygens (including phenoxy) is 1. The Balaban J connectivity index is 1.49. The van der Waals surface area contributed by atoms with E-state index in [0.717, 1.165) is 61.6 Å². The summed E-state index contributed by atoms with van der Waals surface area (Å²) in [5.74, 6) is 0.448. The second-order valence-electron chi connectivity index (χ2n) is 8.14. The van der Waals surface area contributed by atoms with E-state index in [1.54, 1.807) is 0 Å². The summed E-state index contributed by atoms with van der Waals surface area (Å²) in [5, 5.41) is 3.43. The first-order valence-corrected chi connectivity index (χ1v) is 10.3. The standard InChI is InChI=1S/C22H27F2N5O/c1-14(2)25-21-22(27-18-8-9-28(3)13-19(18)26-21)29-10-6-16(7-11-29)30-20-5-4-15(23)12-17(20)24/h4-5,8-9,12,14,16H,6-7,10-11,13H2,1-3H3,(H,25,26). The largest absolute Gasteiger partial charge is 0.487 e. The maximum Gasteiger partial charge on any atom is 0.172 e. The van der Waals surface area contributed by atoms with Crippen molar-refractivity contribution in [3.8, 4) is 5.75 Å². The maximum atomic E-state index is 13.9. The predicted molar refractivity (Wildman–Crippen MR) is 114 cm³/mol. The van der Waals surface area contributed by atoms with Crippen LogP contribution in [0.1, 0.15) is 38.1 Å². The summed E-state index contributed by atoms with van der Waals surface area (Å²) in [4.78, 5) is 14.0. The second-order valence-corrected chi connectivity index (χ2v) is 8.14. The molecule has 8 heteroatoms. The van der Waals surface area contributed by atoms with E-state index in [9.17, 15) is 8.78 Å². The molecule has 2 aliphatic heterocycles. The summed E-state index contributed by atoms with van der Waals surface area (Å²) >= 11 is 0. The van der Waals surface area contributed by atoms with Gasteiger partial charge < -0.3 is 19.9 Å². The van der Waals surface area contributed by atoms with Crippen LogP contribution in [0.5, 0.6) is 5.75 Å². The highest BCUT2D eigenvalue weighted by Gasteiger charge is 2.26. The van der Waals surface area contributed by atoms with Crippen molar-refractivity contribution in [1.82, 2.24) is 14.9 Å². The van der Waals surface area contributed by atoms with Gasteiger partial charge in [-0.15, -0.1) is 0 Å². The number of hydrogen-bond acceptors (Lipinski definition) is 6. The fraction of sp³-hybridized carbons (Fsp3) is 0.455. The number of rotatable bonds is 5. The highest BCUT2D eigenvalue weighted by Crippen LogP contribution is 2.30. The van der Waals surface area contributed by atoms with Gasteiger partial charge in [0.2, 0.25) is 0 Å². The van der Waals surface area contributed by atoms with Crippen molar-refractivity contribution < 1.29 is 13.5 Å². The molecule has 0 radical (unpaired) electrons. The van der Waals surface area contributed by atoms with Crippen LogP contribution in [0.2, 0.25) is 0 Å². The van der Waals surface area contributed by atoms with Gasteiger partial charge in [-0.3, -0.25) is 0 Å². The molecule has 1 N–H and O–H groups in total. The van der Waals surface area contributed by atoms with E-state index in [-0.39, 0.29) is 17.9 Å². The number of aromatic nitrogens is 2. The number of anilines is 2. The van der Waals surface area contributed by atoms with Gasteiger partial charge in [-0.05, 0) is 32.1 Å². The van der Waals surface area contributed by atoms with Crippen molar-refractivity contribution in [2.24, 2.45) is 0 Å². The van der Waals surface area contributed by atoms with Crippen LogP contribution in [0.25, 0.3) is 6.08 Å². The first-order valence-electron chi connectivity index (χ1n) is 10.3. The minimum absolute atomic E-state index is 0.0971. The monoisotopic (exact) mass is 415 g/mol. The molecule has 1 fully saturated rings. The molecule has 0 amide bonds. The third-order valence-electron chi connectivity index (χ3n) is 5.22. The highest BCUT2D eigenvalue weighted by atomic mass is 19.1. The van der Waals surface area contributed by atoms with Crippen LogP contribution in [0.3, 0.4) is 0 Å². The number of nitrogens with zero attached hydrogens (tertiary/aromatic N) is 4. The molecule has 0 aliphatic carbocycles. The Kier molecular flexibility index (Phi) is 5.74. The van der Waals surface area contributed by atoms with Crippen LogP contribution in [0, 0.1) is 11.6 Å². The molecule has 0 spiro atoms. The lowest BCUT2D eigenvalue weighted by Crippen LogP contribution is -2.39. The summed E-state index contributed by atoms with van der Waals surface area (Å²) in [6.45, 7) is 6.32. The zero-order valence-electron chi connectivity index (χ0n) is 17.5. The number of halogens is 2. The summed E-state index contributed by atoms with van der Waals surface area (Å²) in [6, 6.07) is 3.64. The lowest BCUT2D eigenvalue weighted by atomic mass is 10.1. The lowest BCUT2D eigenvalue weighted by Gasteiger charge is -2.34. The van der Waals surface area contributed by atoms with Crippen molar-refractivity contribution in [2.75, 3.05) is 30.4 Å². The van der Waals surface area contributed by atoms with E-state index in [1.807, 2.05) is 19.3 Å². The molecule has 0 atom stereocenters. The zero-order chi connectivity index (χ0) is 21.3. The summed E-state index contributed by atoms with van der Waals surface area (Å²) < 4.78 is 32.8. The summed E-state index contributed by atoms with van der Waals surface area (Å²) in [5.41, 5.74) is 1.85. The van der Waals surface area contributed by atoms with Gasteiger partial charge >= 0.3 is 0 Å². The third-order valence-corrected chi connectivity index (χ3v) is 5.22. The van der Waals surface area contributed by atoms with Gasteiger partial charge in [0.1, 0.15) is 11.9 Å². The number of nitrogens with one attached hydrogen (secondary N) is 1. The first-order chi connectivity index (χ1) is 14.4. The van der Waals surface area contributed by atoms with Crippen LogP contribution in [-0.2, 0) is 6.54 Å². The van der Waals surface area contributed by atoms with E-state index in [0.29, 0.717) is 0 Å². The molecule has 2 aliphatic rings. The van der Waals surface area contributed by atoms with E-state index >= 15 is 0 Å². The smallest absolute Gasteiger partial charge is 0.172 e. The Labute approximate surface area is 175 Å². The Morgan fingerprint density at radius 1 is 1.17 bits per heavy atom. The van der Waals surface area contributed by atoms with Gasteiger partial charge in [0, 0.05) is 51.3 Å². The molecule has 1 aromatic carbocycles. The fourth-order valence-corrected chi connectivity index (χ4v) is 3.74. The maximum absolute atomic E-state index is 13.9. The fourth-order valence-electron chi connectivity index (χ4n) is 3.74. The van der Waals surface area contributed by atoms with Crippen molar-refractivity contribution in [2.45, 2.75) is 45.4 Å². The van der Waals surface area contributed by atoms with Crippen molar-refractivity contribution >= 4 is 17.7 Å². The molecule has 1 aromatic heterocycles. The molecule has 30 heavy (non-hydrogen) atoms. The lowest BCUT2D eigenvalue weighted by molar-refractivity contribution is 0.163. The second kappa shape index (κ2) is 8.45.